The van der Waals surface area contributed by atoms with E-state index in [9.17, 15) is 19.8 Å². The fourth-order valence-electron chi connectivity index (χ4n) is 2.27. The first-order chi connectivity index (χ1) is 13.5. The van der Waals surface area contributed by atoms with E-state index in [1.165, 1.54) is 12.1 Å². The van der Waals surface area contributed by atoms with Gasteiger partial charge in [0.15, 0.2) is 0 Å². The number of hydrogen-bond donors (Lipinski definition) is 3. The maximum absolute atomic E-state index is 12.4. The predicted octanol–water partition coefficient (Wildman–Crippen LogP) is 1.17. The molecule has 0 atom stereocenters. The SMILES string of the molecule is CCC(CO)(CO)COC(=O)c1ccccc1C(=O)OCCCOCCCO. The lowest BCUT2D eigenvalue weighted by atomic mass is 9.88. The third kappa shape index (κ3) is 7.55. The number of hydrogen-bond acceptors (Lipinski definition) is 8. The molecular weight excluding hydrogens is 368 g/mol. The molecule has 0 aliphatic heterocycles. The van der Waals surface area contributed by atoms with Gasteiger partial charge < -0.3 is 29.5 Å². The van der Waals surface area contributed by atoms with E-state index in [1.807, 2.05) is 0 Å². The molecule has 0 saturated heterocycles. The minimum absolute atomic E-state index is 0.0626. The summed E-state index contributed by atoms with van der Waals surface area (Å²) in [6, 6.07) is 6.15. The van der Waals surface area contributed by atoms with Crippen LogP contribution in [0.15, 0.2) is 24.3 Å². The molecule has 0 unspecified atom stereocenters. The Morgan fingerprint density at radius 3 is 2.00 bits per heavy atom. The first kappa shape index (κ1) is 24.0. The molecule has 8 heteroatoms. The molecule has 0 saturated carbocycles. The normalized spacial score (nSPS) is 11.3. The van der Waals surface area contributed by atoms with E-state index in [1.54, 1.807) is 19.1 Å². The van der Waals surface area contributed by atoms with Crippen LogP contribution in [0.4, 0.5) is 0 Å². The van der Waals surface area contributed by atoms with Crippen LogP contribution in [0.25, 0.3) is 0 Å². The van der Waals surface area contributed by atoms with E-state index >= 15 is 0 Å². The number of benzene rings is 1. The highest BCUT2D eigenvalue weighted by Crippen LogP contribution is 2.22. The molecule has 0 aliphatic carbocycles. The third-order valence-electron chi connectivity index (χ3n) is 4.41. The van der Waals surface area contributed by atoms with Gasteiger partial charge >= 0.3 is 11.9 Å². The predicted molar refractivity (Wildman–Crippen MR) is 101 cm³/mol. The lowest BCUT2D eigenvalue weighted by Crippen LogP contribution is -2.35. The highest BCUT2D eigenvalue weighted by atomic mass is 16.5. The summed E-state index contributed by atoms with van der Waals surface area (Å²) < 4.78 is 15.7. The summed E-state index contributed by atoms with van der Waals surface area (Å²) in [5.41, 5.74) is -0.766. The van der Waals surface area contributed by atoms with Crippen molar-refractivity contribution in [1.29, 1.82) is 0 Å². The van der Waals surface area contributed by atoms with Gasteiger partial charge in [0.05, 0.1) is 36.4 Å². The van der Waals surface area contributed by atoms with Gasteiger partial charge in [-0.15, -0.1) is 0 Å². The van der Waals surface area contributed by atoms with Gasteiger partial charge in [0.2, 0.25) is 0 Å². The van der Waals surface area contributed by atoms with Crippen molar-refractivity contribution >= 4 is 11.9 Å². The zero-order valence-electron chi connectivity index (χ0n) is 16.3. The lowest BCUT2D eigenvalue weighted by Gasteiger charge is -2.27. The highest BCUT2D eigenvalue weighted by molar-refractivity contribution is 6.03. The second-order valence-corrected chi connectivity index (χ2v) is 6.47. The third-order valence-corrected chi connectivity index (χ3v) is 4.41. The number of carbonyl (C=O) groups is 2. The van der Waals surface area contributed by atoms with Crippen molar-refractivity contribution in [3.05, 3.63) is 35.4 Å². The highest BCUT2D eigenvalue weighted by Gasteiger charge is 2.29. The maximum atomic E-state index is 12.4. The summed E-state index contributed by atoms with van der Waals surface area (Å²) in [6.07, 6.45) is 1.48. The number of carbonyl (C=O) groups excluding carboxylic acids is 2. The van der Waals surface area contributed by atoms with Crippen LogP contribution in [0.3, 0.4) is 0 Å². The largest absolute Gasteiger partial charge is 0.462 e. The molecule has 0 heterocycles. The molecule has 0 spiro atoms. The van der Waals surface area contributed by atoms with Gasteiger partial charge in [0, 0.05) is 26.2 Å². The maximum Gasteiger partial charge on any atom is 0.339 e. The zero-order valence-corrected chi connectivity index (χ0v) is 16.3. The van der Waals surface area contributed by atoms with Crippen molar-refractivity contribution in [2.24, 2.45) is 5.41 Å². The molecule has 0 radical (unpaired) electrons. The number of ether oxygens (including phenoxy) is 3. The Bertz CT molecular complexity index is 589. The van der Waals surface area contributed by atoms with Gasteiger partial charge in [-0.1, -0.05) is 19.1 Å². The fourth-order valence-corrected chi connectivity index (χ4v) is 2.27. The molecule has 0 aromatic heterocycles. The van der Waals surface area contributed by atoms with Gasteiger partial charge in [-0.05, 0) is 25.0 Å². The minimum atomic E-state index is -0.916. The molecule has 0 aliphatic rings. The number of aliphatic hydroxyl groups is 3. The molecule has 3 N–H and O–H groups in total. The van der Waals surface area contributed by atoms with Crippen LogP contribution in [0, 0.1) is 5.41 Å². The van der Waals surface area contributed by atoms with E-state index in [-0.39, 0.29) is 44.2 Å². The Morgan fingerprint density at radius 2 is 1.46 bits per heavy atom. The molecule has 1 rings (SSSR count). The van der Waals surface area contributed by atoms with Crippen molar-refractivity contribution in [2.45, 2.75) is 26.2 Å². The molecule has 8 nitrogen and oxygen atoms in total. The number of rotatable bonds is 14. The smallest absolute Gasteiger partial charge is 0.339 e. The molecule has 0 fully saturated rings. The summed E-state index contributed by atoms with van der Waals surface area (Å²) in [7, 11) is 0. The van der Waals surface area contributed by atoms with Crippen LogP contribution < -0.4 is 0 Å². The summed E-state index contributed by atoms with van der Waals surface area (Å²) in [6.45, 7) is 2.02. The Labute approximate surface area is 165 Å². The van der Waals surface area contributed by atoms with E-state index in [4.69, 9.17) is 19.3 Å². The molecule has 28 heavy (non-hydrogen) atoms. The van der Waals surface area contributed by atoms with Crippen LogP contribution in [0.5, 0.6) is 0 Å². The molecule has 158 valence electrons. The van der Waals surface area contributed by atoms with Crippen molar-refractivity contribution in [1.82, 2.24) is 0 Å². The molecule has 1 aromatic rings. The summed E-state index contributed by atoms with van der Waals surface area (Å²) in [4.78, 5) is 24.7. The Kier molecular flexibility index (Phi) is 11.4. The van der Waals surface area contributed by atoms with Crippen LogP contribution in [0.2, 0.25) is 0 Å². The standard InChI is InChI=1S/C20H30O8/c1-2-20(13-22,14-23)15-28-19(25)17-8-4-3-7-16(17)18(24)27-12-6-11-26-10-5-9-21/h3-4,7-8,21-23H,2,5-6,9-15H2,1H3. The second kappa shape index (κ2) is 13.2. The van der Waals surface area contributed by atoms with Crippen LogP contribution >= 0.6 is 0 Å². The average molecular weight is 398 g/mol. The lowest BCUT2D eigenvalue weighted by molar-refractivity contribution is -0.0178. The van der Waals surface area contributed by atoms with Gasteiger partial charge in [0.25, 0.3) is 0 Å². The van der Waals surface area contributed by atoms with Crippen molar-refractivity contribution in [3.63, 3.8) is 0 Å². The van der Waals surface area contributed by atoms with Gasteiger partial charge in [0.1, 0.15) is 6.61 Å². The number of aliphatic hydroxyl groups excluding tert-OH is 3. The van der Waals surface area contributed by atoms with Crippen LogP contribution in [-0.2, 0) is 14.2 Å². The van der Waals surface area contributed by atoms with E-state index in [0.29, 0.717) is 32.5 Å². The molecule has 1 aromatic carbocycles. The zero-order chi connectivity index (χ0) is 20.8. The van der Waals surface area contributed by atoms with Gasteiger partial charge in [-0.25, -0.2) is 9.59 Å². The topological polar surface area (TPSA) is 123 Å². The second-order valence-electron chi connectivity index (χ2n) is 6.47. The van der Waals surface area contributed by atoms with E-state index in [2.05, 4.69) is 0 Å². The molecule has 0 amide bonds. The summed E-state index contributed by atoms with van der Waals surface area (Å²) in [5.74, 6) is -1.37. The van der Waals surface area contributed by atoms with Crippen LogP contribution in [0.1, 0.15) is 46.9 Å². The van der Waals surface area contributed by atoms with Gasteiger partial charge in [-0.3, -0.25) is 0 Å². The Morgan fingerprint density at radius 1 is 0.893 bits per heavy atom. The van der Waals surface area contributed by atoms with Crippen LogP contribution in [-0.4, -0.2) is 73.5 Å². The van der Waals surface area contributed by atoms with E-state index in [0.717, 1.165) is 0 Å². The molecule has 0 bridgehead atoms. The fraction of sp³-hybridized carbons (Fsp3) is 0.600. The summed E-state index contributed by atoms with van der Waals surface area (Å²) in [5, 5.41) is 27.5. The van der Waals surface area contributed by atoms with E-state index < -0.39 is 17.4 Å². The Hall–Kier alpha value is -2.00. The monoisotopic (exact) mass is 398 g/mol. The van der Waals surface area contributed by atoms with Crippen molar-refractivity contribution < 1.29 is 39.1 Å². The average Bonchev–Trinajstić information content (AvgIpc) is 2.74. The minimum Gasteiger partial charge on any atom is -0.462 e. The number of esters is 2. The van der Waals surface area contributed by atoms with Crippen molar-refractivity contribution in [2.75, 3.05) is 46.2 Å². The quantitative estimate of drug-likeness (QED) is 0.315. The molecular formula is C20H30O8. The first-order valence-corrected chi connectivity index (χ1v) is 9.37. The Balaban J connectivity index is 2.61. The van der Waals surface area contributed by atoms with Crippen molar-refractivity contribution in [3.8, 4) is 0 Å². The van der Waals surface area contributed by atoms with Gasteiger partial charge in [-0.2, -0.15) is 0 Å². The summed E-state index contributed by atoms with van der Waals surface area (Å²) >= 11 is 0. The first-order valence-electron chi connectivity index (χ1n) is 9.37.